The fourth-order valence-corrected chi connectivity index (χ4v) is 0.321. The van der Waals surface area contributed by atoms with Gasteiger partial charge in [-0.1, -0.05) is 0 Å². The van der Waals surface area contributed by atoms with Gasteiger partial charge in [-0.15, -0.1) is 0 Å². The molecule has 0 N–H and O–H groups in total. The highest BCUT2D eigenvalue weighted by Gasteiger charge is 1.99. The van der Waals surface area contributed by atoms with E-state index in [9.17, 15) is 8.78 Å². The molecule has 0 amide bonds. The summed E-state index contributed by atoms with van der Waals surface area (Å²) in [6, 6.07) is 0. The maximum Gasteiger partial charge on any atom is 0.282 e. The van der Waals surface area contributed by atoms with Crippen LogP contribution in [0.5, 0.6) is 0 Å². The lowest BCUT2D eigenvalue weighted by Crippen LogP contribution is -1.95. The van der Waals surface area contributed by atoms with Crippen molar-refractivity contribution >= 4 is 8.05 Å². The Balaban J connectivity index is 2.72. The molecule has 0 atom stereocenters. The summed E-state index contributed by atoms with van der Waals surface area (Å²) in [5.74, 6) is 0. The van der Waals surface area contributed by atoms with Crippen molar-refractivity contribution in [1.29, 1.82) is 0 Å². The molecule has 0 bridgehead atoms. The zero-order chi connectivity index (χ0) is 6.41. The van der Waals surface area contributed by atoms with Crippen molar-refractivity contribution in [1.82, 2.24) is 0 Å². The molecule has 0 aromatic rings. The monoisotopic (exact) mass is 120 g/mol. The van der Waals surface area contributed by atoms with Gasteiger partial charge in [0.15, 0.2) is 0 Å². The van der Waals surface area contributed by atoms with Crippen LogP contribution in [0.4, 0.5) is 8.78 Å². The van der Waals surface area contributed by atoms with Crippen LogP contribution in [-0.4, -0.2) is 21.1 Å². The standard InChI is InChI=1S/C4H7BF2O/c5-8-3-1-2-4(6)7/h4H,1-3H2. The molecular formula is C4H7BF2O. The molecule has 1 nitrogen and oxygen atoms in total. The van der Waals surface area contributed by atoms with Crippen molar-refractivity contribution in [3.63, 3.8) is 0 Å². The molecule has 0 aliphatic carbocycles. The van der Waals surface area contributed by atoms with Gasteiger partial charge in [-0.3, -0.25) is 0 Å². The Bertz CT molecular complexity index is 51.3. The summed E-state index contributed by atoms with van der Waals surface area (Å²) in [5.41, 5.74) is 0. The summed E-state index contributed by atoms with van der Waals surface area (Å²) >= 11 is 0. The number of alkyl halides is 2. The van der Waals surface area contributed by atoms with Crippen LogP contribution in [0, 0.1) is 0 Å². The molecule has 0 aliphatic heterocycles. The molecule has 8 heavy (non-hydrogen) atoms. The first-order chi connectivity index (χ1) is 3.77. The quantitative estimate of drug-likeness (QED) is 0.399. The van der Waals surface area contributed by atoms with Crippen LogP contribution in [0.15, 0.2) is 0 Å². The van der Waals surface area contributed by atoms with E-state index in [0.717, 1.165) is 0 Å². The van der Waals surface area contributed by atoms with Crippen LogP contribution in [0.2, 0.25) is 0 Å². The summed E-state index contributed by atoms with van der Waals surface area (Å²) in [4.78, 5) is 0. The van der Waals surface area contributed by atoms with Crippen LogP contribution in [0.1, 0.15) is 12.8 Å². The normalized spacial score (nSPS) is 10.4. The highest BCUT2D eigenvalue weighted by Crippen LogP contribution is 2.01. The van der Waals surface area contributed by atoms with Gasteiger partial charge in [0.2, 0.25) is 6.43 Å². The third-order valence-electron chi connectivity index (χ3n) is 0.685. The summed E-state index contributed by atoms with van der Waals surface area (Å²) in [7, 11) is 4.57. The molecule has 0 saturated heterocycles. The maximum atomic E-state index is 11.3. The average Bonchev–Trinajstić information content (AvgIpc) is 1.66. The van der Waals surface area contributed by atoms with Gasteiger partial charge in [0, 0.05) is 13.0 Å². The Morgan fingerprint density at radius 2 is 2.12 bits per heavy atom. The van der Waals surface area contributed by atoms with Crippen LogP contribution >= 0.6 is 0 Å². The zero-order valence-electron chi connectivity index (χ0n) is 4.44. The first kappa shape index (κ1) is 7.88. The molecule has 0 aromatic carbocycles. The largest absolute Gasteiger partial charge is 0.448 e. The number of hydrogen-bond donors (Lipinski definition) is 0. The van der Waals surface area contributed by atoms with Gasteiger partial charge in [0.25, 0.3) is 8.05 Å². The van der Waals surface area contributed by atoms with E-state index in [4.69, 9.17) is 0 Å². The summed E-state index contributed by atoms with van der Waals surface area (Å²) < 4.78 is 26.6. The third kappa shape index (κ3) is 5.88. The fraction of sp³-hybridized carbons (Fsp3) is 1.00. The SMILES string of the molecule is [B]OCCCC(F)F. The molecule has 4 heteroatoms. The van der Waals surface area contributed by atoms with Crippen molar-refractivity contribution in [2.45, 2.75) is 19.3 Å². The molecular weight excluding hydrogens is 113 g/mol. The topological polar surface area (TPSA) is 9.23 Å². The van der Waals surface area contributed by atoms with Gasteiger partial charge in [0.05, 0.1) is 0 Å². The van der Waals surface area contributed by atoms with Crippen molar-refractivity contribution < 1.29 is 13.4 Å². The third-order valence-corrected chi connectivity index (χ3v) is 0.685. The lowest BCUT2D eigenvalue weighted by molar-refractivity contribution is 0.128. The molecule has 46 valence electrons. The van der Waals surface area contributed by atoms with Crippen molar-refractivity contribution in [3.8, 4) is 0 Å². The Morgan fingerprint density at radius 3 is 2.50 bits per heavy atom. The molecule has 0 aromatic heterocycles. The van der Waals surface area contributed by atoms with E-state index in [1.807, 2.05) is 0 Å². The molecule has 0 saturated carbocycles. The number of rotatable bonds is 4. The molecule has 0 heterocycles. The summed E-state index contributed by atoms with van der Waals surface area (Å²) in [6.45, 7) is 0.213. The van der Waals surface area contributed by atoms with E-state index < -0.39 is 6.43 Å². The summed E-state index contributed by atoms with van der Waals surface area (Å²) in [5, 5.41) is 0. The molecule has 0 fully saturated rings. The Labute approximate surface area is 48.5 Å². The predicted molar refractivity (Wildman–Crippen MR) is 26.9 cm³/mol. The molecule has 0 unspecified atom stereocenters. The van der Waals surface area contributed by atoms with Gasteiger partial charge < -0.3 is 4.65 Å². The van der Waals surface area contributed by atoms with Gasteiger partial charge in [-0.2, -0.15) is 0 Å². The number of hydrogen-bond acceptors (Lipinski definition) is 1. The second-order valence-electron chi connectivity index (χ2n) is 1.40. The van der Waals surface area contributed by atoms with E-state index in [1.54, 1.807) is 0 Å². The minimum Gasteiger partial charge on any atom is -0.448 e. The van der Waals surface area contributed by atoms with Crippen molar-refractivity contribution in [3.05, 3.63) is 0 Å². The maximum absolute atomic E-state index is 11.3. The van der Waals surface area contributed by atoms with E-state index in [2.05, 4.69) is 12.7 Å². The minimum atomic E-state index is -2.23. The lowest BCUT2D eigenvalue weighted by atomic mass is 10.3. The van der Waals surface area contributed by atoms with Gasteiger partial charge in [0.1, 0.15) is 0 Å². The van der Waals surface area contributed by atoms with E-state index in [1.165, 1.54) is 0 Å². The molecule has 0 rings (SSSR count). The highest BCUT2D eigenvalue weighted by molar-refractivity contribution is 5.97. The Hall–Kier alpha value is -0.115. The number of halogens is 2. The fourth-order valence-electron chi connectivity index (χ4n) is 0.321. The van der Waals surface area contributed by atoms with Crippen molar-refractivity contribution in [2.24, 2.45) is 0 Å². The Morgan fingerprint density at radius 1 is 1.50 bits per heavy atom. The van der Waals surface area contributed by atoms with Gasteiger partial charge in [-0.25, -0.2) is 8.78 Å². The first-order valence-corrected chi connectivity index (χ1v) is 2.37. The summed E-state index contributed by atoms with van der Waals surface area (Å²) in [6.07, 6.45) is -2.03. The second kappa shape index (κ2) is 5.03. The first-order valence-electron chi connectivity index (χ1n) is 2.37. The second-order valence-corrected chi connectivity index (χ2v) is 1.40. The van der Waals surface area contributed by atoms with Gasteiger partial charge >= 0.3 is 0 Å². The van der Waals surface area contributed by atoms with E-state index >= 15 is 0 Å². The Kier molecular flexibility index (Phi) is 4.96. The highest BCUT2D eigenvalue weighted by atomic mass is 19.3. The average molecular weight is 120 g/mol. The molecule has 0 aliphatic rings. The smallest absolute Gasteiger partial charge is 0.282 e. The zero-order valence-corrected chi connectivity index (χ0v) is 4.44. The lowest BCUT2D eigenvalue weighted by Gasteiger charge is -1.96. The molecule has 2 radical (unpaired) electrons. The van der Waals surface area contributed by atoms with E-state index in [0.29, 0.717) is 6.42 Å². The molecule has 0 spiro atoms. The van der Waals surface area contributed by atoms with Crippen LogP contribution < -0.4 is 0 Å². The van der Waals surface area contributed by atoms with Crippen LogP contribution in [-0.2, 0) is 4.65 Å². The van der Waals surface area contributed by atoms with Gasteiger partial charge in [-0.05, 0) is 6.42 Å². The van der Waals surface area contributed by atoms with Crippen LogP contribution in [0.25, 0.3) is 0 Å². The minimum absolute atomic E-state index is 0.128. The predicted octanol–water partition coefficient (Wildman–Crippen LogP) is 1.13. The van der Waals surface area contributed by atoms with Crippen molar-refractivity contribution in [2.75, 3.05) is 6.61 Å². The van der Waals surface area contributed by atoms with Crippen LogP contribution in [0.3, 0.4) is 0 Å². The van der Waals surface area contributed by atoms with E-state index in [-0.39, 0.29) is 13.0 Å².